The summed E-state index contributed by atoms with van der Waals surface area (Å²) in [6, 6.07) is 4.06. The van der Waals surface area contributed by atoms with Crippen molar-refractivity contribution >= 4 is 28.7 Å². The predicted molar refractivity (Wildman–Crippen MR) is 111 cm³/mol. The Labute approximate surface area is 170 Å². The van der Waals surface area contributed by atoms with Crippen molar-refractivity contribution in [2.75, 3.05) is 11.9 Å². The normalized spacial score (nSPS) is 21.7. The van der Waals surface area contributed by atoms with Gasteiger partial charge in [0, 0.05) is 17.8 Å². The van der Waals surface area contributed by atoms with Crippen molar-refractivity contribution in [3.63, 3.8) is 0 Å². The molecule has 3 atom stereocenters. The zero-order valence-corrected chi connectivity index (χ0v) is 17.6. The van der Waals surface area contributed by atoms with Crippen LogP contribution in [-0.4, -0.2) is 40.8 Å². The standard InChI is InChI=1S/C21H29N5O3/c1-6-29-17(27)8-7-15-13(4)22-21(25-19(15)28)26-20-23-14(5)16-10-11(2)9-12(3)18(16)24-20/h9-10,13,15,21-22H,6-8H2,1-5H3,(H,25,28)(H,23,24,26). The number of carbonyl (C=O) groups excluding carboxylic acids is 2. The minimum atomic E-state index is -0.487. The van der Waals surface area contributed by atoms with Gasteiger partial charge >= 0.3 is 5.97 Å². The summed E-state index contributed by atoms with van der Waals surface area (Å²) < 4.78 is 4.95. The lowest BCUT2D eigenvalue weighted by Gasteiger charge is -2.35. The Kier molecular flexibility index (Phi) is 6.32. The van der Waals surface area contributed by atoms with Crippen molar-refractivity contribution in [1.29, 1.82) is 0 Å². The Balaban J connectivity index is 1.69. The first kappa shape index (κ1) is 21.0. The molecule has 0 saturated carbocycles. The van der Waals surface area contributed by atoms with Crippen molar-refractivity contribution in [3.8, 4) is 0 Å². The van der Waals surface area contributed by atoms with Gasteiger partial charge < -0.3 is 15.4 Å². The number of ether oxygens (including phenoxy) is 1. The molecule has 156 valence electrons. The van der Waals surface area contributed by atoms with Gasteiger partial charge in [-0.15, -0.1) is 0 Å². The van der Waals surface area contributed by atoms with Crippen molar-refractivity contribution in [2.45, 2.75) is 59.8 Å². The Morgan fingerprint density at radius 3 is 2.69 bits per heavy atom. The van der Waals surface area contributed by atoms with Crippen LogP contribution in [0.2, 0.25) is 0 Å². The highest BCUT2D eigenvalue weighted by molar-refractivity contribution is 5.85. The number of amides is 1. The second-order valence-corrected chi connectivity index (χ2v) is 7.60. The number of rotatable bonds is 6. The van der Waals surface area contributed by atoms with E-state index < -0.39 is 6.29 Å². The lowest BCUT2D eigenvalue weighted by Crippen LogP contribution is -2.63. The number of anilines is 1. The Hall–Kier alpha value is -2.74. The molecular weight excluding hydrogens is 370 g/mol. The number of nitrogens with one attached hydrogen (secondary N) is 3. The van der Waals surface area contributed by atoms with E-state index in [0.717, 1.165) is 22.2 Å². The molecule has 2 aromatic rings. The van der Waals surface area contributed by atoms with Crippen molar-refractivity contribution < 1.29 is 14.3 Å². The number of benzene rings is 1. The number of esters is 1. The maximum Gasteiger partial charge on any atom is 0.305 e. The van der Waals surface area contributed by atoms with Crippen molar-refractivity contribution in [1.82, 2.24) is 20.6 Å². The molecule has 0 radical (unpaired) electrons. The predicted octanol–water partition coefficient (Wildman–Crippen LogP) is 2.32. The topological polar surface area (TPSA) is 105 Å². The molecule has 8 heteroatoms. The Bertz CT molecular complexity index is 930. The monoisotopic (exact) mass is 399 g/mol. The van der Waals surface area contributed by atoms with E-state index >= 15 is 0 Å². The van der Waals surface area contributed by atoms with Crippen LogP contribution in [0.4, 0.5) is 5.95 Å². The molecule has 1 aliphatic heterocycles. The molecule has 3 rings (SSSR count). The van der Waals surface area contributed by atoms with Crippen LogP contribution in [0.3, 0.4) is 0 Å². The van der Waals surface area contributed by atoms with Gasteiger partial charge in [-0.1, -0.05) is 11.6 Å². The zero-order chi connectivity index (χ0) is 21.1. The van der Waals surface area contributed by atoms with Gasteiger partial charge in [-0.3, -0.25) is 14.9 Å². The second-order valence-electron chi connectivity index (χ2n) is 7.60. The lowest BCUT2D eigenvalue weighted by atomic mass is 9.93. The third-order valence-corrected chi connectivity index (χ3v) is 5.22. The minimum absolute atomic E-state index is 0.109. The first-order valence-electron chi connectivity index (χ1n) is 10.0. The van der Waals surface area contributed by atoms with Crippen LogP contribution in [0.5, 0.6) is 0 Å². The van der Waals surface area contributed by atoms with Gasteiger partial charge in [0.1, 0.15) is 0 Å². The highest BCUT2D eigenvalue weighted by atomic mass is 16.5. The van der Waals surface area contributed by atoms with E-state index in [2.05, 4.69) is 45.0 Å². The number of carbonyl (C=O) groups is 2. The fraction of sp³-hybridized carbons (Fsp3) is 0.524. The van der Waals surface area contributed by atoms with Crippen molar-refractivity contribution in [3.05, 3.63) is 29.0 Å². The molecule has 1 saturated heterocycles. The number of nitrogens with zero attached hydrogens (tertiary/aromatic N) is 2. The summed E-state index contributed by atoms with van der Waals surface area (Å²) in [6.45, 7) is 10.1. The van der Waals surface area contributed by atoms with Gasteiger partial charge in [0.15, 0.2) is 6.29 Å². The summed E-state index contributed by atoms with van der Waals surface area (Å²) in [6.07, 6.45) is 0.177. The first-order chi connectivity index (χ1) is 13.8. The maximum atomic E-state index is 12.6. The molecule has 0 bridgehead atoms. The first-order valence-corrected chi connectivity index (χ1v) is 10.0. The molecule has 2 heterocycles. The largest absolute Gasteiger partial charge is 0.466 e. The van der Waals surface area contributed by atoms with Crippen LogP contribution in [0.15, 0.2) is 12.1 Å². The molecule has 3 N–H and O–H groups in total. The number of hydrogen-bond acceptors (Lipinski definition) is 7. The van der Waals surface area contributed by atoms with Crippen LogP contribution >= 0.6 is 0 Å². The van der Waals surface area contributed by atoms with Gasteiger partial charge in [-0.05, 0) is 52.7 Å². The SMILES string of the molecule is CCOC(=O)CCC1C(=O)NC(Nc2nc(C)c3cc(C)cc(C)c3n2)NC1C. The molecule has 3 unspecified atom stereocenters. The van der Waals surface area contributed by atoms with Gasteiger partial charge in [0.2, 0.25) is 11.9 Å². The lowest BCUT2D eigenvalue weighted by molar-refractivity contribution is -0.143. The van der Waals surface area contributed by atoms with Crippen LogP contribution in [-0.2, 0) is 14.3 Å². The number of hydrogen-bond donors (Lipinski definition) is 3. The molecule has 0 spiro atoms. The number of fused-ring (bicyclic) bond motifs is 1. The summed E-state index contributed by atoms with van der Waals surface area (Å²) in [5.41, 5.74) is 4.03. The highest BCUT2D eigenvalue weighted by Gasteiger charge is 2.34. The Morgan fingerprint density at radius 1 is 1.24 bits per heavy atom. The van der Waals surface area contributed by atoms with E-state index in [1.807, 2.05) is 20.8 Å². The highest BCUT2D eigenvalue weighted by Crippen LogP contribution is 2.23. The van der Waals surface area contributed by atoms with E-state index in [9.17, 15) is 9.59 Å². The third kappa shape index (κ3) is 4.82. The van der Waals surface area contributed by atoms with Crippen LogP contribution in [0.1, 0.15) is 43.5 Å². The van der Waals surface area contributed by atoms with Gasteiger partial charge in [-0.25, -0.2) is 9.97 Å². The summed E-state index contributed by atoms with van der Waals surface area (Å²) in [5.74, 6) is -0.236. The summed E-state index contributed by atoms with van der Waals surface area (Å²) in [5, 5.41) is 10.4. The third-order valence-electron chi connectivity index (χ3n) is 5.22. The number of aromatic nitrogens is 2. The molecule has 1 aromatic heterocycles. The molecule has 1 amide bonds. The van der Waals surface area contributed by atoms with E-state index in [0.29, 0.717) is 19.0 Å². The molecule has 29 heavy (non-hydrogen) atoms. The Morgan fingerprint density at radius 2 is 2.00 bits per heavy atom. The summed E-state index contributed by atoms with van der Waals surface area (Å²) in [4.78, 5) is 33.3. The van der Waals surface area contributed by atoms with Crippen molar-refractivity contribution in [2.24, 2.45) is 5.92 Å². The summed E-state index contributed by atoms with van der Waals surface area (Å²) in [7, 11) is 0. The average molecular weight is 399 g/mol. The van der Waals surface area contributed by atoms with Crippen LogP contribution in [0, 0.1) is 26.7 Å². The fourth-order valence-electron chi connectivity index (χ4n) is 3.79. The molecule has 1 aromatic carbocycles. The van der Waals surface area contributed by atoms with E-state index in [1.54, 1.807) is 6.92 Å². The van der Waals surface area contributed by atoms with E-state index in [1.165, 1.54) is 5.56 Å². The van der Waals surface area contributed by atoms with E-state index in [4.69, 9.17) is 4.74 Å². The van der Waals surface area contributed by atoms with Crippen LogP contribution in [0.25, 0.3) is 10.9 Å². The molecule has 1 fully saturated rings. The van der Waals surface area contributed by atoms with Crippen LogP contribution < -0.4 is 16.0 Å². The quantitative estimate of drug-likeness (QED) is 0.640. The smallest absolute Gasteiger partial charge is 0.305 e. The zero-order valence-electron chi connectivity index (χ0n) is 17.6. The fourth-order valence-corrected chi connectivity index (χ4v) is 3.79. The molecular formula is C21H29N5O3. The maximum absolute atomic E-state index is 12.6. The summed E-state index contributed by atoms with van der Waals surface area (Å²) >= 11 is 0. The molecule has 8 nitrogen and oxygen atoms in total. The van der Waals surface area contributed by atoms with Gasteiger partial charge in [-0.2, -0.15) is 0 Å². The molecule has 0 aliphatic carbocycles. The van der Waals surface area contributed by atoms with Gasteiger partial charge in [0.25, 0.3) is 0 Å². The molecule has 1 aliphatic rings. The minimum Gasteiger partial charge on any atom is -0.466 e. The second kappa shape index (κ2) is 8.73. The van der Waals surface area contributed by atoms with E-state index in [-0.39, 0.29) is 30.3 Å². The number of aryl methyl sites for hydroxylation is 3. The van der Waals surface area contributed by atoms with Gasteiger partial charge in [0.05, 0.1) is 23.7 Å². The average Bonchev–Trinajstić information content (AvgIpc) is 2.62.